The van der Waals surface area contributed by atoms with Gasteiger partial charge in [0.05, 0.1) is 23.2 Å². The van der Waals surface area contributed by atoms with Gasteiger partial charge in [-0.05, 0) is 18.2 Å². The van der Waals surface area contributed by atoms with Crippen molar-refractivity contribution in [1.82, 2.24) is 13.8 Å². The van der Waals surface area contributed by atoms with Crippen LogP contribution in [0.1, 0.15) is 5.56 Å². The van der Waals surface area contributed by atoms with E-state index in [1.807, 2.05) is 0 Å². The molecule has 21 heavy (non-hydrogen) atoms. The van der Waals surface area contributed by atoms with Crippen LogP contribution in [0.2, 0.25) is 0 Å². The maximum Gasteiger partial charge on any atom is 0.416 e. The van der Waals surface area contributed by atoms with E-state index in [0.717, 1.165) is 29.1 Å². The lowest BCUT2D eigenvalue weighted by Crippen LogP contribution is -2.22. The lowest BCUT2D eigenvalue weighted by Gasteiger charge is -2.08. The van der Waals surface area contributed by atoms with Gasteiger partial charge in [-0.15, -0.1) is 9.19 Å². The van der Waals surface area contributed by atoms with Gasteiger partial charge in [0.2, 0.25) is 0 Å². The van der Waals surface area contributed by atoms with Crippen LogP contribution in [0.25, 0.3) is 5.69 Å². The van der Waals surface area contributed by atoms with Crippen molar-refractivity contribution in [3.63, 3.8) is 0 Å². The van der Waals surface area contributed by atoms with Gasteiger partial charge < -0.3 is 0 Å². The summed E-state index contributed by atoms with van der Waals surface area (Å²) < 4.78 is 49.4. The quantitative estimate of drug-likeness (QED) is 0.619. The summed E-state index contributed by atoms with van der Waals surface area (Å²) in [6.45, 7) is 0. The highest BCUT2D eigenvalue weighted by molar-refractivity contribution is 8.01. The first-order chi connectivity index (χ1) is 9.58. The Morgan fingerprint density at radius 3 is 2.43 bits per heavy atom. The molecule has 0 amide bonds. The van der Waals surface area contributed by atoms with Gasteiger partial charge >= 0.3 is 15.8 Å². The second-order valence-corrected chi connectivity index (χ2v) is 6.52. The Labute approximate surface area is 129 Å². The zero-order chi connectivity index (χ0) is 15.8. The molecule has 0 unspecified atom stereocenters. The van der Waals surface area contributed by atoms with Gasteiger partial charge in [0.1, 0.15) is 6.33 Å². The van der Waals surface area contributed by atoms with Crippen LogP contribution in [0.5, 0.6) is 0 Å². The van der Waals surface area contributed by atoms with Crippen LogP contribution in [0, 0.1) is 0 Å². The second-order valence-electron chi connectivity index (χ2n) is 3.74. The van der Waals surface area contributed by atoms with Crippen LogP contribution < -0.4 is 5.69 Å². The highest BCUT2D eigenvalue weighted by Gasteiger charge is 2.31. The molecule has 0 fully saturated rings. The fraction of sp³-hybridized carbons (Fsp3) is 0.200. The Hall–Kier alpha value is -1.19. The molecule has 0 aliphatic rings. The maximum absolute atomic E-state index is 13.0. The number of halogens is 6. The third-order valence-corrected chi connectivity index (χ3v) is 3.33. The van der Waals surface area contributed by atoms with Crippen LogP contribution in [0.15, 0.2) is 35.4 Å². The van der Waals surface area contributed by atoms with E-state index in [4.69, 9.17) is 23.2 Å². The van der Waals surface area contributed by atoms with Crippen molar-refractivity contribution in [3.8, 4) is 5.69 Å². The van der Waals surface area contributed by atoms with E-state index in [1.54, 1.807) is 0 Å². The third kappa shape index (κ3) is 3.92. The number of benzene rings is 1. The lowest BCUT2D eigenvalue weighted by atomic mass is 10.2. The summed E-state index contributed by atoms with van der Waals surface area (Å²) >= 11 is 10.2. The van der Waals surface area contributed by atoms with E-state index in [2.05, 4.69) is 5.10 Å². The van der Waals surface area contributed by atoms with E-state index in [-0.39, 0.29) is 17.6 Å². The van der Waals surface area contributed by atoms with Gasteiger partial charge in [-0.25, -0.2) is 9.36 Å². The van der Waals surface area contributed by atoms with E-state index in [9.17, 15) is 22.4 Å². The molecular weight excluding hydrogens is 357 g/mol. The van der Waals surface area contributed by atoms with Gasteiger partial charge in [-0.3, -0.25) is 0 Å². The molecule has 0 aliphatic carbocycles. The molecule has 0 atom stereocenters. The Morgan fingerprint density at radius 1 is 1.19 bits per heavy atom. The molecule has 1 aromatic carbocycles. The van der Waals surface area contributed by atoms with Gasteiger partial charge in [-0.1, -0.05) is 29.3 Å². The molecule has 114 valence electrons. The van der Waals surface area contributed by atoms with E-state index >= 15 is 0 Å². The van der Waals surface area contributed by atoms with Crippen molar-refractivity contribution in [2.45, 2.75) is 10.1 Å². The molecule has 0 spiro atoms. The highest BCUT2D eigenvalue weighted by atomic mass is 35.5. The number of alkyl halides is 6. The molecular formula is C10H5Cl2F4N3OS. The van der Waals surface area contributed by atoms with Gasteiger partial charge in [0.15, 0.2) is 0 Å². The predicted octanol–water partition coefficient (Wildman–Crippen LogP) is 3.61. The van der Waals surface area contributed by atoms with Crippen LogP contribution in [-0.2, 0) is 6.18 Å². The Kier molecular flexibility index (Phi) is 4.27. The van der Waals surface area contributed by atoms with Crippen molar-refractivity contribution in [2.75, 3.05) is 0 Å². The monoisotopic (exact) mass is 361 g/mol. The first kappa shape index (κ1) is 16.2. The van der Waals surface area contributed by atoms with E-state index in [1.165, 1.54) is 6.07 Å². The number of hydrogen-bond donors (Lipinski definition) is 0. The lowest BCUT2D eigenvalue weighted by molar-refractivity contribution is -0.137. The molecule has 0 N–H and O–H groups in total. The number of rotatable bonds is 3. The van der Waals surface area contributed by atoms with Crippen LogP contribution in [0.3, 0.4) is 0 Å². The molecule has 0 saturated carbocycles. The standard InChI is InChI=1S/C10H5Cl2F4N3OS/c11-10(12,16)21-19-8(20)18(5-17-19)7-3-1-2-6(4-7)9(13,14)15/h1-5H. The normalized spacial score (nSPS) is 12.7. The first-order valence-corrected chi connectivity index (χ1v) is 6.71. The fourth-order valence-electron chi connectivity index (χ4n) is 1.46. The Morgan fingerprint density at radius 2 is 1.86 bits per heavy atom. The summed E-state index contributed by atoms with van der Waals surface area (Å²) in [6.07, 6.45) is -3.62. The third-order valence-electron chi connectivity index (χ3n) is 2.28. The zero-order valence-corrected chi connectivity index (χ0v) is 12.1. The molecule has 0 saturated heterocycles. The predicted molar refractivity (Wildman–Crippen MR) is 71.4 cm³/mol. The molecule has 1 aromatic heterocycles. The molecule has 11 heteroatoms. The molecule has 2 rings (SSSR count). The number of nitrogens with zero attached hydrogens (tertiary/aromatic N) is 3. The average molecular weight is 362 g/mol. The van der Waals surface area contributed by atoms with Crippen molar-refractivity contribution in [2.24, 2.45) is 0 Å². The van der Waals surface area contributed by atoms with Crippen molar-refractivity contribution >= 4 is 35.1 Å². The highest BCUT2D eigenvalue weighted by Crippen LogP contribution is 2.35. The molecule has 4 nitrogen and oxygen atoms in total. The summed E-state index contributed by atoms with van der Waals surface area (Å²) in [5.41, 5.74) is -1.90. The molecule has 0 bridgehead atoms. The fourth-order valence-corrected chi connectivity index (χ4v) is 2.30. The molecule has 2 aromatic rings. The zero-order valence-electron chi connectivity index (χ0n) is 9.81. The molecule has 0 radical (unpaired) electrons. The molecule has 1 heterocycles. The second kappa shape index (κ2) is 5.54. The van der Waals surface area contributed by atoms with Crippen LogP contribution >= 0.6 is 35.1 Å². The smallest absolute Gasteiger partial charge is 0.249 e. The van der Waals surface area contributed by atoms with Gasteiger partial charge in [0.25, 0.3) is 0 Å². The SMILES string of the molecule is O=c1n(-c2cccc(C(F)(F)F)c2)cnn1SC(F)(Cl)Cl. The minimum Gasteiger partial charge on any atom is -0.249 e. The number of aromatic nitrogens is 3. The van der Waals surface area contributed by atoms with Gasteiger partial charge in [0, 0.05) is 0 Å². The maximum atomic E-state index is 13.0. The van der Waals surface area contributed by atoms with Crippen molar-refractivity contribution in [1.29, 1.82) is 0 Å². The topological polar surface area (TPSA) is 39.8 Å². The minimum absolute atomic E-state index is 0.0668. The Bertz CT molecular complexity index is 707. The summed E-state index contributed by atoms with van der Waals surface area (Å²) in [6, 6.07) is 4.04. The molecule has 0 aliphatic heterocycles. The average Bonchev–Trinajstić information content (AvgIpc) is 2.68. The van der Waals surface area contributed by atoms with E-state index in [0.29, 0.717) is 4.09 Å². The van der Waals surface area contributed by atoms with Crippen molar-refractivity contribution < 1.29 is 17.6 Å². The van der Waals surface area contributed by atoms with Crippen molar-refractivity contribution in [3.05, 3.63) is 46.6 Å². The van der Waals surface area contributed by atoms with Gasteiger partial charge in [-0.2, -0.15) is 17.6 Å². The largest absolute Gasteiger partial charge is 0.416 e. The summed E-state index contributed by atoms with van der Waals surface area (Å²) in [7, 11) is 0. The summed E-state index contributed by atoms with van der Waals surface area (Å²) in [5.74, 6) is 0. The summed E-state index contributed by atoms with van der Waals surface area (Å²) in [4.78, 5) is 11.9. The first-order valence-electron chi connectivity index (χ1n) is 5.18. The van der Waals surface area contributed by atoms with E-state index < -0.39 is 21.3 Å². The minimum atomic E-state index is -4.55. The number of hydrogen-bond acceptors (Lipinski definition) is 3. The Balaban J connectivity index is 2.43. The van der Waals surface area contributed by atoms with Crippen LogP contribution in [-0.4, -0.2) is 17.7 Å². The van der Waals surface area contributed by atoms with Crippen LogP contribution in [0.4, 0.5) is 17.6 Å². The summed E-state index contributed by atoms with van der Waals surface area (Å²) in [5, 5.41) is 3.51.